The van der Waals surface area contributed by atoms with E-state index < -0.39 is 6.16 Å². The smallest absolute Gasteiger partial charge is 0.251 e. The van der Waals surface area contributed by atoms with Crippen molar-refractivity contribution in [3.63, 3.8) is 0 Å². The highest BCUT2D eigenvalue weighted by Crippen LogP contribution is 1.90. The summed E-state index contributed by atoms with van der Waals surface area (Å²) in [5.74, 6) is 0. The normalized spacial score (nSPS) is 26.6. The molecular weight excluding hydrogens is 184 g/mol. The van der Waals surface area contributed by atoms with Crippen molar-refractivity contribution in [2.45, 2.75) is 20.0 Å². The molecule has 1 aliphatic rings. The molecule has 0 aromatic carbocycles. The lowest BCUT2D eigenvalue weighted by atomic mass is 10.5. The summed E-state index contributed by atoms with van der Waals surface area (Å²) in [5.41, 5.74) is 0. The van der Waals surface area contributed by atoms with Gasteiger partial charge in [-0.3, -0.25) is 4.90 Å². The average molecular weight is 204 g/mol. The Morgan fingerprint density at radius 1 is 1.71 bits per heavy atom. The largest absolute Gasteiger partial charge is 0.553 e. The van der Waals surface area contributed by atoms with Crippen LogP contribution in [0.4, 0.5) is 4.79 Å². The second-order valence-corrected chi connectivity index (χ2v) is 3.37. The maximum absolute atomic E-state index is 9.03. The molecule has 2 unspecified atom stereocenters. The van der Waals surface area contributed by atoms with E-state index in [0.717, 1.165) is 13.3 Å². The number of ether oxygens (including phenoxy) is 1. The number of quaternary nitrogens is 1. The quantitative estimate of drug-likeness (QED) is 0.510. The molecule has 1 aliphatic heterocycles. The molecule has 1 saturated heterocycles. The zero-order valence-corrected chi connectivity index (χ0v) is 9.37. The number of likely N-dealkylation sites (N-methyl/N-ethyl adjacent to an activating group) is 2. The van der Waals surface area contributed by atoms with E-state index in [1.807, 2.05) is 0 Å². The van der Waals surface area contributed by atoms with Crippen molar-refractivity contribution >= 4 is 6.16 Å². The molecule has 5 heteroatoms. The third-order valence-electron chi connectivity index (χ3n) is 2.66. The van der Waals surface area contributed by atoms with Crippen LogP contribution < -0.4 is 10.0 Å². The highest BCUT2D eigenvalue weighted by molar-refractivity contribution is 5.53. The van der Waals surface area contributed by atoms with Gasteiger partial charge in [0.25, 0.3) is 6.16 Å². The zero-order valence-electron chi connectivity index (χ0n) is 9.37. The average Bonchev–Trinajstić information content (AvgIpc) is 2.48. The maximum atomic E-state index is 9.03. The van der Waals surface area contributed by atoms with Crippen LogP contribution >= 0.6 is 0 Å². The van der Waals surface area contributed by atoms with Crippen LogP contribution in [-0.4, -0.2) is 51.0 Å². The van der Waals surface area contributed by atoms with E-state index in [1.165, 1.54) is 19.6 Å². The molecule has 1 N–H and O–H groups in total. The molecule has 14 heavy (non-hydrogen) atoms. The second kappa shape index (κ2) is 6.62. The topological polar surface area (TPSA) is 57.0 Å². The molecule has 0 aromatic rings. The molecule has 0 amide bonds. The van der Waals surface area contributed by atoms with E-state index in [4.69, 9.17) is 9.90 Å². The van der Waals surface area contributed by atoms with Crippen molar-refractivity contribution in [1.82, 2.24) is 4.90 Å². The number of carbonyl (C=O) groups is 1. The van der Waals surface area contributed by atoms with Crippen LogP contribution in [0.2, 0.25) is 0 Å². The number of hydrogen-bond acceptors (Lipinski definition) is 4. The lowest BCUT2D eigenvalue weighted by Gasteiger charge is -2.18. The van der Waals surface area contributed by atoms with Gasteiger partial charge in [0.1, 0.15) is 6.17 Å². The van der Waals surface area contributed by atoms with Gasteiger partial charge in [-0.2, -0.15) is 0 Å². The Kier molecular flexibility index (Phi) is 6.23. The van der Waals surface area contributed by atoms with E-state index in [0.29, 0.717) is 0 Å². The molecular formula is C9H20N2O3. The van der Waals surface area contributed by atoms with E-state index in [-0.39, 0.29) is 0 Å². The fraction of sp³-hybridized carbons (Fsp3) is 0.889. The summed E-state index contributed by atoms with van der Waals surface area (Å²) in [6, 6.07) is 0. The molecule has 5 nitrogen and oxygen atoms in total. The van der Waals surface area contributed by atoms with Crippen molar-refractivity contribution in [2.24, 2.45) is 0 Å². The Hall–Kier alpha value is -0.810. The molecule has 1 rings (SSSR count). The van der Waals surface area contributed by atoms with Crippen LogP contribution in [0.15, 0.2) is 0 Å². The summed E-state index contributed by atoms with van der Waals surface area (Å²) in [6.45, 7) is 8.42. The number of nitrogens with one attached hydrogen (secondary N) is 1. The van der Waals surface area contributed by atoms with Crippen LogP contribution in [0.25, 0.3) is 0 Å². The predicted molar refractivity (Wildman–Crippen MR) is 50.9 cm³/mol. The van der Waals surface area contributed by atoms with Gasteiger partial charge < -0.3 is 19.5 Å². The van der Waals surface area contributed by atoms with Gasteiger partial charge in [-0.05, 0) is 14.0 Å². The molecule has 2 atom stereocenters. The number of carbonyl (C=O) groups excluding carboxylic acids is 1. The minimum absolute atomic E-state index is 0.745. The SMILES string of the molecule is CC[NH+]1CCN(C)C1C.COC(=O)[O-]. The standard InChI is InChI=1S/C7H16N2.C2H4O3/c1-4-9-6-5-8(3)7(9)2;1-5-2(3)4/h7H,4-6H2,1-3H3;1H3,(H,3,4). The second-order valence-electron chi connectivity index (χ2n) is 3.37. The molecule has 0 spiro atoms. The predicted octanol–water partition coefficient (Wildman–Crippen LogP) is -1.84. The van der Waals surface area contributed by atoms with Crippen LogP contribution in [0, 0.1) is 0 Å². The minimum Gasteiger partial charge on any atom is -0.553 e. The lowest BCUT2D eigenvalue weighted by Crippen LogP contribution is -3.13. The Morgan fingerprint density at radius 3 is 2.36 bits per heavy atom. The van der Waals surface area contributed by atoms with Gasteiger partial charge in [0, 0.05) is 14.0 Å². The molecule has 84 valence electrons. The number of hydrogen-bond donors (Lipinski definition) is 1. The molecule has 0 radical (unpaired) electrons. The van der Waals surface area contributed by atoms with Gasteiger partial charge in [-0.15, -0.1) is 0 Å². The van der Waals surface area contributed by atoms with E-state index in [1.54, 1.807) is 4.90 Å². The summed E-state index contributed by atoms with van der Waals surface area (Å²) in [5, 5.41) is 9.03. The van der Waals surface area contributed by atoms with Crippen LogP contribution in [-0.2, 0) is 4.74 Å². The fourth-order valence-corrected chi connectivity index (χ4v) is 1.51. The molecule has 0 aliphatic carbocycles. The third-order valence-corrected chi connectivity index (χ3v) is 2.66. The Balaban J connectivity index is 0.000000292. The third kappa shape index (κ3) is 4.43. The molecule has 0 saturated carbocycles. The molecule has 0 aromatic heterocycles. The zero-order chi connectivity index (χ0) is 11.1. The number of methoxy groups -OCH3 is 1. The first kappa shape index (κ1) is 13.2. The van der Waals surface area contributed by atoms with E-state index in [2.05, 4.69) is 30.5 Å². The summed E-state index contributed by atoms with van der Waals surface area (Å²) in [6.07, 6.45) is -0.750. The monoisotopic (exact) mass is 204 g/mol. The van der Waals surface area contributed by atoms with Crippen molar-refractivity contribution in [1.29, 1.82) is 0 Å². The van der Waals surface area contributed by atoms with Gasteiger partial charge in [0.2, 0.25) is 0 Å². The highest BCUT2D eigenvalue weighted by atomic mass is 16.6. The first-order valence-corrected chi connectivity index (χ1v) is 4.82. The summed E-state index contributed by atoms with van der Waals surface area (Å²) >= 11 is 0. The summed E-state index contributed by atoms with van der Waals surface area (Å²) in [4.78, 5) is 13.2. The van der Waals surface area contributed by atoms with E-state index in [9.17, 15) is 0 Å². The molecule has 1 heterocycles. The minimum atomic E-state index is -1.50. The molecule has 1 fully saturated rings. The van der Waals surface area contributed by atoms with Gasteiger partial charge in [-0.1, -0.05) is 0 Å². The van der Waals surface area contributed by atoms with E-state index >= 15 is 0 Å². The Labute approximate surface area is 85.2 Å². The summed E-state index contributed by atoms with van der Waals surface area (Å²) < 4.78 is 3.56. The number of nitrogens with zero attached hydrogens (tertiary/aromatic N) is 1. The summed E-state index contributed by atoms with van der Waals surface area (Å²) in [7, 11) is 3.24. The highest BCUT2D eigenvalue weighted by Gasteiger charge is 2.26. The van der Waals surface area contributed by atoms with Crippen LogP contribution in [0.3, 0.4) is 0 Å². The Bertz CT molecular complexity index is 175. The fourth-order valence-electron chi connectivity index (χ4n) is 1.51. The van der Waals surface area contributed by atoms with Gasteiger partial charge in [0.15, 0.2) is 0 Å². The first-order valence-electron chi connectivity index (χ1n) is 4.82. The van der Waals surface area contributed by atoms with Crippen molar-refractivity contribution in [3.8, 4) is 0 Å². The van der Waals surface area contributed by atoms with Gasteiger partial charge in [0.05, 0.1) is 19.6 Å². The van der Waals surface area contributed by atoms with Crippen molar-refractivity contribution in [2.75, 3.05) is 33.8 Å². The number of rotatable bonds is 1. The van der Waals surface area contributed by atoms with Crippen LogP contribution in [0.1, 0.15) is 13.8 Å². The maximum Gasteiger partial charge on any atom is 0.251 e. The number of carboxylic acid groups (broad SMARTS) is 1. The van der Waals surface area contributed by atoms with Gasteiger partial charge >= 0.3 is 0 Å². The first-order chi connectivity index (χ1) is 6.52. The lowest BCUT2D eigenvalue weighted by molar-refractivity contribution is -0.914. The van der Waals surface area contributed by atoms with Crippen molar-refractivity contribution in [3.05, 3.63) is 0 Å². The van der Waals surface area contributed by atoms with Gasteiger partial charge in [-0.25, -0.2) is 0 Å². The molecule has 0 bridgehead atoms. The van der Waals surface area contributed by atoms with Crippen LogP contribution in [0.5, 0.6) is 0 Å². The Morgan fingerprint density at radius 2 is 2.21 bits per heavy atom. The van der Waals surface area contributed by atoms with Crippen molar-refractivity contribution < 1.29 is 19.5 Å².